The number of aryl methyl sites for hydroxylation is 2. The number of hydrogen-bond acceptors (Lipinski definition) is 2. The lowest BCUT2D eigenvalue weighted by atomic mass is 9.97. The van der Waals surface area contributed by atoms with E-state index in [0.29, 0.717) is 11.1 Å². The van der Waals surface area contributed by atoms with Gasteiger partial charge in [-0.05, 0) is 113 Å². The Balaban J connectivity index is 1.28. The molecule has 0 aliphatic rings. The Morgan fingerprint density at radius 1 is 0.375 bits per heavy atom. The molecule has 0 saturated carbocycles. The van der Waals surface area contributed by atoms with Crippen LogP contribution in [0.25, 0.3) is 88.4 Å². The minimum Gasteiger partial charge on any atom is -0.309 e. The molecule has 4 heteroatoms. The molecule has 262 valence electrons. The van der Waals surface area contributed by atoms with Gasteiger partial charge in [0.1, 0.15) is 6.07 Å². The molecule has 0 aliphatic heterocycles. The first-order valence-corrected chi connectivity index (χ1v) is 18.8. The van der Waals surface area contributed by atoms with Gasteiger partial charge in [-0.3, -0.25) is 0 Å². The quantitative estimate of drug-likeness (QED) is 0.178. The first-order chi connectivity index (χ1) is 27.5. The number of aromatic nitrogens is 2. The first kappa shape index (κ1) is 32.9. The third kappa shape index (κ3) is 5.12. The number of fused-ring (bicyclic) bond motifs is 6. The summed E-state index contributed by atoms with van der Waals surface area (Å²) in [6.07, 6.45) is 0. The fraction of sp³-hybridized carbons (Fsp3) is 0.0385. The van der Waals surface area contributed by atoms with Gasteiger partial charge >= 0.3 is 0 Å². The molecular formula is C52H34N4. The maximum Gasteiger partial charge on any atom is 0.101 e. The first-order valence-electron chi connectivity index (χ1n) is 18.8. The average Bonchev–Trinajstić information content (AvgIpc) is 3.75. The Labute approximate surface area is 325 Å². The van der Waals surface area contributed by atoms with Crippen LogP contribution >= 0.6 is 0 Å². The maximum atomic E-state index is 11.0. The highest BCUT2D eigenvalue weighted by Gasteiger charge is 2.22. The zero-order valence-corrected chi connectivity index (χ0v) is 31.0. The smallest absolute Gasteiger partial charge is 0.101 e. The normalized spacial score (nSPS) is 11.4. The average molecular weight is 715 g/mol. The Morgan fingerprint density at radius 2 is 0.875 bits per heavy atom. The second-order valence-electron chi connectivity index (χ2n) is 14.5. The molecule has 0 saturated heterocycles. The monoisotopic (exact) mass is 714 g/mol. The molecule has 0 radical (unpaired) electrons. The summed E-state index contributed by atoms with van der Waals surface area (Å²) in [6, 6.07) is 64.1. The van der Waals surface area contributed by atoms with Crippen molar-refractivity contribution >= 4 is 43.6 Å². The van der Waals surface area contributed by atoms with Crippen LogP contribution in [0, 0.1) is 36.5 Å². The molecule has 0 unspecified atom stereocenters. The van der Waals surface area contributed by atoms with Crippen LogP contribution in [0.3, 0.4) is 0 Å². The van der Waals surface area contributed by atoms with E-state index in [-0.39, 0.29) is 0 Å². The van der Waals surface area contributed by atoms with Gasteiger partial charge < -0.3 is 9.13 Å². The molecular weight excluding hydrogens is 681 g/mol. The second-order valence-corrected chi connectivity index (χ2v) is 14.5. The summed E-state index contributed by atoms with van der Waals surface area (Å²) in [5.41, 5.74) is 15.9. The number of nitriles is 2. The van der Waals surface area contributed by atoms with Gasteiger partial charge in [0.05, 0.1) is 50.6 Å². The van der Waals surface area contributed by atoms with Gasteiger partial charge in [0.15, 0.2) is 0 Å². The zero-order chi connectivity index (χ0) is 37.9. The van der Waals surface area contributed by atoms with Gasteiger partial charge in [-0.1, -0.05) is 109 Å². The van der Waals surface area contributed by atoms with Crippen molar-refractivity contribution in [3.8, 4) is 56.9 Å². The minimum absolute atomic E-state index is 0.549. The van der Waals surface area contributed by atoms with E-state index >= 15 is 0 Å². The van der Waals surface area contributed by atoms with Gasteiger partial charge in [-0.15, -0.1) is 0 Å². The fourth-order valence-corrected chi connectivity index (χ4v) is 8.62. The van der Waals surface area contributed by atoms with Crippen LogP contribution in [-0.2, 0) is 0 Å². The molecule has 0 atom stereocenters. The third-order valence-electron chi connectivity index (χ3n) is 11.3. The Bertz CT molecular complexity index is 3310. The van der Waals surface area contributed by atoms with Crippen LogP contribution in [0.4, 0.5) is 0 Å². The largest absolute Gasteiger partial charge is 0.309 e. The molecule has 2 heterocycles. The van der Waals surface area contributed by atoms with Crippen molar-refractivity contribution in [2.75, 3.05) is 0 Å². The highest BCUT2D eigenvalue weighted by molar-refractivity contribution is 6.12. The summed E-state index contributed by atoms with van der Waals surface area (Å²) in [5, 5.41) is 25.6. The van der Waals surface area contributed by atoms with Crippen molar-refractivity contribution in [3.63, 3.8) is 0 Å². The van der Waals surface area contributed by atoms with Crippen molar-refractivity contribution in [1.29, 1.82) is 10.5 Å². The molecule has 0 amide bonds. The fourth-order valence-electron chi connectivity index (χ4n) is 8.62. The van der Waals surface area contributed by atoms with Crippen LogP contribution in [0.15, 0.2) is 170 Å². The lowest BCUT2D eigenvalue weighted by Gasteiger charge is -2.19. The SMILES string of the molecule is Cc1ccccc1-c1ccc2c(c1)c1ccccc1n2-c1cc(-c2cccc(C#N)c2)c(-n2c3ccccc3c3cc(-c4ccccc4C)ccc32)cc1C#N. The van der Waals surface area contributed by atoms with Gasteiger partial charge in [0, 0.05) is 27.1 Å². The topological polar surface area (TPSA) is 57.4 Å². The summed E-state index contributed by atoms with van der Waals surface area (Å²) in [6.45, 7) is 4.29. The van der Waals surface area contributed by atoms with Crippen LogP contribution in [0.1, 0.15) is 22.3 Å². The lowest BCUT2D eigenvalue weighted by molar-refractivity contribution is 1.14. The summed E-state index contributed by atoms with van der Waals surface area (Å²) in [5.74, 6) is 0. The zero-order valence-electron chi connectivity index (χ0n) is 31.0. The van der Waals surface area contributed by atoms with Gasteiger partial charge in [-0.2, -0.15) is 10.5 Å². The Kier molecular flexibility index (Phi) is 7.66. The second kappa shape index (κ2) is 13.0. The molecule has 0 N–H and O–H groups in total. The van der Waals surface area contributed by atoms with E-state index in [0.717, 1.165) is 77.2 Å². The molecule has 0 spiro atoms. The summed E-state index contributed by atoms with van der Waals surface area (Å²) < 4.78 is 4.51. The van der Waals surface area contributed by atoms with Gasteiger partial charge in [0.2, 0.25) is 0 Å². The van der Waals surface area contributed by atoms with E-state index in [1.807, 2.05) is 24.3 Å². The summed E-state index contributed by atoms with van der Waals surface area (Å²) in [7, 11) is 0. The highest BCUT2D eigenvalue weighted by Crippen LogP contribution is 2.42. The number of hydrogen-bond donors (Lipinski definition) is 0. The van der Waals surface area contributed by atoms with Crippen molar-refractivity contribution in [2.45, 2.75) is 13.8 Å². The lowest BCUT2D eigenvalue weighted by Crippen LogP contribution is -2.04. The molecule has 4 nitrogen and oxygen atoms in total. The number of para-hydroxylation sites is 2. The molecule has 0 aliphatic carbocycles. The predicted octanol–water partition coefficient (Wildman–Crippen LogP) is 13.2. The molecule has 56 heavy (non-hydrogen) atoms. The van der Waals surface area contributed by atoms with Crippen molar-refractivity contribution in [2.24, 2.45) is 0 Å². The standard InChI is InChI=1S/C52H34N4/c1-33-12-3-5-16-40(33)37-22-24-49-45(27-37)42-18-7-9-20-47(42)55(49)51-30-44(36-15-11-14-35(26-36)31-53)52(29-39(51)32-54)56-48-21-10-8-19-43(48)46-28-38(23-25-50(46)56)41-17-6-4-13-34(41)2/h3-30H,1-2H3. The number of benzene rings is 8. The minimum atomic E-state index is 0.549. The molecule has 2 aromatic heterocycles. The van der Waals surface area contributed by atoms with E-state index in [9.17, 15) is 10.5 Å². The molecule has 10 rings (SSSR count). The molecule has 0 fully saturated rings. The van der Waals surface area contributed by atoms with E-state index in [1.165, 1.54) is 22.3 Å². The van der Waals surface area contributed by atoms with E-state index in [2.05, 4.69) is 181 Å². The van der Waals surface area contributed by atoms with Crippen molar-refractivity contribution in [1.82, 2.24) is 9.13 Å². The molecule has 0 bridgehead atoms. The highest BCUT2D eigenvalue weighted by atomic mass is 15.0. The van der Waals surface area contributed by atoms with E-state index in [1.54, 1.807) is 0 Å². The Hall–Kier alpha value is -7.66. The van der Waals surface area contributed by atoms with Crippen LogP contribution < -0.4 is 0 Å². The summed E-state index contributed by atoms with van der Waals surface area (Å²) in [4.78, 5) is 0. The van der Waals surface area contributed by atoms with Crippen LogP contribution in [-0.4, -0.2) is 9.13 Å². The van der Waals surface area contributed by atoms with Crippen molar-refractivity contribution in [3.05, 3.63) is 192 Å². The molecule has 8 aromatic carbocycles. The third-order valence-corrected chi connectivity index (χ3v) is 11.3. The summed E-state index contributed by atoms with van der Waals surface area (Å²) >= 11 is 0. The number of nitrogens with zero attached hydrogens (tertiary/aromatic N) is 4. The van der Waals surface area contributed by atoms with Crippen LogP contribution in [0.2, 0.25) is 0 Å². The van der Waals surface area contributed by atoms with E-state index < -0.39 is 0 Å². The predicted molar refractivity (Wildman–Crippen MR) is 230 cm³/mol. The van der Waals surface area contributed by atoms with Gasteiger partial charge in [-0.25, -0.2) is 0 Å². The Morgan fingerprint density at radius 3 is 1.43 bits per heavy atom. The number of rotatable bonds is 5. The molecule has 10 aromatic rings. The van der Waals surface area contributed by atoms with Crippen molar-refractivity contribution < 1.29 is 0 Å². The maximum absolute atomic E-state index is 11.0. The van der Waals surface area contributed by atoms with Crippen LogP contribution in [0.5, 0.6) is 0 Å². The van der Waals surface area contributed by atoms with E-state index in [4.69, 9.17) is 0 Å². The van der Waals surface area contributed by atoms with Gasteiger partial charge in [0.25, 0.3) is 0 Å².